The van der Waals surface area contributed by atoms with Crippen LogP contribution in [0.2, 0.25) is 0 Å². The molecule has 0 saturated carbocycles. The molecule has 370 valence electrons. The number of ether oxygens (including phenoxy) is 6. The summed E-state index contributed by atoms with van der Waals surface area (Å²) in [6.07, 6.45) is 12.3. The van der Waals surface area contributed by atoms with Gasteiger partial charge in [-0.3, -0.25) is 0 Å². The van der Waals surface area contributed by atoms with Gasteiger partial charge in [0, 0.05) is 0 Å². The van der Waals surface area contributed by atoms with Crippen molar-refractivity contribution in [3.05, 3.63) is 132 Å². The van der Waals surface area contributed by atoms with Gasteiger partial charge in [0.1, 0.15) is 23.0 Å². The summed E-state index contributed by atoms with van der Waals surface area (Å²) in [6.45, 7) is 11.1. The van der Waals surface area contributed by atoms with Gasteiger partial charge in [0.05, 0.1) is 72.4 Å². The second-order valence-electron chi connectivity index (χ2n) is 18.3. The van der Waals surface area contributed by atoms with Gasteiger partial charge in [0.2, 0.25) is 9.84 Å². The molecule has 5 aromatic rings. The first-order valence-electron chi connectivity index (χ1n) is 24.2. The number of sulfone groups is 1. The third kappa shape index (κ3) is 19.7. The summed E-state index contributed by atoms with van der Waals surface area (Å²) in [5.41, 5.74) is 3.52. The van der Waals surface area contributed by atoms with Crippen molar-refractivity contribution in [1.82, 2.24) is 0 Å². The Balaban J connectivity index is 0.921. The van der Waals surface area contributed by atoms with E-state index < -0.39 is 21.8 Å². The number of carbonyl (C=O) groups is 2. The van der Waals surface area contributed by atoms with Crippen molar-refractivity contribution in [3.8, 4) is 23.0 Å². The number of benzene rings is 5. The van der Waals surface area contributed by atoms with Crippen molar-refractivity contribution in [2.24, 2.45) is 15.6 Å². The lowest BCUT2D eigenvalue weighted by Gasteiger charge is -2.17. The number of methoxy groups -OCH3 is 1. The maximum absolute atomic E-state index is 13.3. The molecule has 5 rings (SSSR count). The first-order valence-corrected chi connectivity index (χ1v) is 25.7. The van der Waals surface area contributed by atoms with Crippen LogP contribution >= 0.6 is 0 Å². The molecule has 0 heterocycles. The molecule has 12 nitrogen and oxygen atoms in total. The van der Waals surface area contributed by atoms with E-state index in [0.717, 1.165) is 74.9 Å². The van der Waals surface area contributed by atoms with Crippen molar-refractivity contribution < 1.29 is 46.4 Å². The van der Waals surface area contributed by atoms with Crippen LogP contribution in [0.5, 0.6) is 23.0 Å². The molecule has 69 heavy (non-hydrogen) atoms. The minimum Gasteiger partial charge on any atom is -0.494 e. The summed E-state index contributed by atoms with van der Waals surface area (Å²) in [4.78, 5) is 25.8. The second-order valence-corrected chi connectivity index (χ2v) is 20.2. The van der Waals surface area contributed by atoms with Crippen LogP contribution in [0, 0.1) is 12.3 Å². The number of aryl methyl sites for hydroxylation is 1. The highest BCUT2D eigenvalue weighted by Gasteiger charge is 2.19. The van der Waals surface area contributed by atoms with Gasteiger partial charge in [-0.2, -0.15) is 10.2 Å². The molecule has 0 fully saturated rings. The van der Waals surface area contributed by atoms with E-state index in [2.05, 4.69) is 31.0 Å². The molecular formula is C56H70N2O10S. The third-order valence-corrected chi connectivity index (χ3v) is 13.0. The van der Waals surface area contributed by atoms with E-state index in [1.54, 1.807) is 60.7 Å². The van der Waals surface area contributed by atoms with E-state index in [0.29, 0.717) is 55.5 Å². The van der Waals surface area contributed by atoms with Crippen LogP contribution in [-0.4, -0.2) is 60.5 Å². The lowest BCUT2D eigenvalue weighted by molar-refractivity contribution is 0.0496. The molecule has 0 amide bonds. The van der Waals surface area contributed by atoms with Gasteiger partial charge in [-0.1, -0.05) is 57.7 Å². The zero-order valence-corrected chi connectivity index (χ0v) is 41.9. The fourth-order valence-electron chi connectivity index (χ4n) is 7.17. The predicted molar refractivity (Wildman–Crippen MR) is 270 cm³/mol. The van der Waals surface area contributed by atoms with Crippen molar-refractivity contribution in [2.75, 3.05) is 40.1 Å². The fourth-order valence-corrected chi connectivity index (χ4v) is 8.43. The summed E-state index contributed by atoms with van der Waals surface area (Å²) in [5.74, 6) is 1.29. The van der Waals surface area contributed by atoms with Crippen LogP contribution in [0.3, 0.4) is 0 Å². The van der Waals surface area contributed by atoms with Gasteiger partial charge in [0.25, 0.3) is 0 Å². The first-order chi connectivity index (χ1) is 33.3. The van der Waals surface area contributed by atoms with E-state index >= 15 is 0 Å². The van der Waals surface area contributed by atoms with Crippen LogP contribution in [0.4, 0.5) is 11.4 Å². The summed E-state index contributed by atoms with van der Waals surface area (Å²) in [5, 5.41) is 8.56. The molecule has 0 bridgehead atoms. The molecule has 0 aliphatic rings. The van der Waals surface area contributed by atoms with Crippen LogP contribution in [-0.2, 0) is 19.3 Å². The summed E-state index contributed by atoms with van der Waals surface area (Å²) >= 11 is 0. The minimum absolute atomic E-state index is 0.192. The normalized spacial score (nSPS) is 11.6. The number of rotatable bonds is 30. The van der Waals surface area contributed by atoms with E-state index in [4.69, 9.17) is 28.4 Å². The minimum atomic E-state index is -3.69. The van der Waals surface area contributed by atoms with Gasteiger partial charge in [-0.05, 0) is 180 Å². The number of hydrogen-bond donors (Lipinski definition) is 0. The average Bonchev–Trinajstić information content (AvgIpc) is 3.35. The van der Waals surface area contributed by atoms with Gasteiger partial charge >= 0.3 is 11.9 Å². The molecule has 0 N–H and O–H groups in total. The zero-order valence-electron chi connectivity index (χ0n) is 41.1. The van der Waals surface area contributed by atoms with Crippen molar-refractivity contribution in [2.45, 2.75) is 121 Å². The summed E-state index contributed by atoms with van der Waals surface area (Å²) in [7, 11) is -2.41. The average molecular weight is 963 g/mol. The molecule has 0 radical (unpaired) electrons. The van der Waals surface area contributed by atoms with E-state index in [1.165, 1.54) is 38.0 Å². The van der Waals surface area contributed by atoms with Gasteiger partial charge in [-0.15, -0.1) is 0 Å². The predicted octanol–water partition coefficient (Wildman–Crippen LogP) is 14.2. The number of carbonyl (C=O) groups excluding carboxylic acids is 2. The Morgan fingerprint density at radius 3 is 1.28 bits per heavy atom. The van der Waals surface area contributed by atoms with E-state index in [9.17, 15) is 18.0 Å². The third-order valence-electron chi connectivity index (χ3n) is 11.2. The second kappa shape index (κ2) is 28.3. The van der Waals surface area contributed by atoms with Gasteiger partial charge in [-0.25, -0.2) is 18.0 Å². The van der Waals surface area contributed by atoms with Crippen molar-refractivity contribution in [3.63, 3.8) is 0 Å². The van der Waals surface area contributed by atoms with Gasteiger partial charge < -0.3 is 28.4 Å². The lowest BCUT2D eigenvalue weighted by Crippen LogP contribution is -2.10. The Hall–Kier alpha value is -6.21. The molecule has 0 aromatic heterocycles. The Labute approximate surface area is 409 Å². The smallest absolute Gasteiger partial charge is 0.338 e. The number of unbranched alkanes of at least 4 members (excludes halogenated alkanes) is 9. The molecule has 0 aliphatic carbocycles. The molecule has 0 aliphatic heterocycles. The standard InChI is InChI=1S/C56H70N2O10S/c1-43-18-20-46(21-19-43)57-58-47-22-24-48(25-23-47)64-36-14-8-9-16-38-67-51-41-44(54(59)63-5)40-45(42-51)55(60)68-39-17-11-10-15-37-66-50-28-32-53(33-29-50)69(61,62)52-30-26-49(27-31-52)65-35-13-7-6-12-34-56(2,3)4/h18-33,40-42H,6-17,34-39H2,1-5H3. The SMILES string of the molecule is COC(=O)c1cc(OCCCCCCOc2ccc(N=Nc3ccc(C)cc3)cc2)cc(C(=O)OCCCCCCOc2ccc(S(=O)(=O)c3ccc(OCCCCCCC(C)(C)C)cc3)cc2)c1. The lowest BCUT2D eigenvalue weighted by atomic mass is 9.89. The number of hydrogen-bond acceptors (Lipinski definition) is 12. The van der Waals surface area contributed by atoms with Gasteiger partial charge in [0.15, 0.2) is 0 Å². The maximum Gasteiger partial charge on any atom is 0.338 e. The van der Waals surface area contributed by atoms with E-state index in [1.807, 2.05) is 55.5 Å². The van der Waals surface area contributed by atoms with E-state index in [-0.39, 0.29) is 27.5 Å². The summed E-state index contributed by atoms with van der Waals surface area (Å²) in [6, 6.07) is 33.1. The highest BCUT2D eigenvalue weighted by Crippen LogP contribution is 2.27. The fraction of sp³-hybridized carbons (Fsp3) is 0.429. The van der Waals surface area contributed by atoms with Crippen molar-refractivity contribution >= 4 is 33.2 Å². The monoisotopic (exact) mass is 962 g/mol. The topological polar surface area (TPSA) is 148 Å². The molecule has 0 spiro atoms. The summed E-state index contributed by atoms with van der Waals surface area (Å²) < 4.78 is 60.6. The molecule has 13 heteroatoms. The zero-order chi connectivity index (χ0) is 49.3. The quantitative estimate of drug-likeness (QED) is 0.0247. The first kappa shape index (κ1) is 53.7. The largest absolute Gasteiger partial charge is 0.494 e. The Kier molecular flexibility index (Phi) is 22.1. The van der Waals surface area contributed by atoms with Crippen LogP contribution in [0.15, 0.2) is 135 Å². The van der Waals surface area contributed by atoms with Crippen molar-refractivity contribution in [1.29, 1.82) is 0 Å². The molecule has 0 atom stereocenters. The van der Waals surface area contributed by atoms with Crippen LogP contribution in [0.25, 0.3) is 0 Å². The highest BCUT2D eigenvalue weighted by atomic mass is 32.2. The molecule has 0 unspecified atom stereocenters. The maximum atomic E-state index is 13.3. The number of esters is 2. The molecule has 0 saturated heterocycles. The molecular weight excluding hydrogens is 893 g/mol. The number of nitrogens with zero attached hydrogens (tertiary/aromatic N) is 2. The van der Waals surface area contributed by atoms with Crippen LogP contribution < -0.4 is 18.9 Å². The number of azo groups is 1. The Morgan fingerprint density at radius 1 is 0.464 bits per heavy atom. The van der Waals surface area contributed by atoms with Crippen LogP contribution in [0.1, 0.15) is 131 Å². The Bertz CT molecular complexity index is 2450. The molecule has 5 aromatic carbocycles. The Morgan fingerprint density at radius 2 is 0.841 bits per heavy atom. The highest BCUT2D eigenvalue weighted by molar-refractivity contribution is 7.91.